The molecule has 4 rings (SSSR count). The van der Waals surface area contributed by atoms with Gasteiger partial charge in [-0.05, 0) is 43.9 Å². The molecule has 2 fully saturated rings. The van der Waals surface area contributed by atoms with Gasteiger partial charge in [-0.25, -0.2) is 0 Å². The molecule has 8 heteroatoms. The van der Waals surface area contributed by atoms with Gasteiger partial charge in [0.15, 0.2) is 5.82 Å². The minimum absolute atomic E-state index is 0. The summed E-state index contributed by atoms with van der Waals surface area (Å²) in [7, 11) is 1.61. The lowest BCUT2D eigenvalue weighted by Crippen LogP contribution is -2.44. The Labute approximate surface area is 158 Å². The van der Waals surface area contributed by atoms with Crippen molar-refractivity contribution in [2.24, 2.45) is 5.73 Å². The third-order valence-electron chi connectivity index (χ3n) is 5.23. The molecule has 1 amide bonds. The predicted molar refractivity (Wildman–Crippen MR) is 98.7 cm³/mol. The zero-order valence-corrected chi connectivity index (χ0v) is 15.7. The first kappa shape index (κ1) is 18.7. The molecule has 1 saturated heterocycles. The molecule has 0 radical (unpaired) electrons. The van der Waals surface area contributed by atoms with Crippen molar-refractivity contribution in [1.29, 1.82) is 0 Å². The molecule has 1 unspecified atom stereocenters. The van der Waals surface area contributed by atoms with Gasteiger partial charge >= 0.3 is 0 Å². The lowest BCUT2D eigenvalue weighted by molar-refractivity contribution is -0.117. The van der Waals surface area contributed by atoms with E-state index in [1.807, 2.05) is 25.1 Å². The number of halogens is 1. The van der Waals surface area contributed by atoms with Crippen molar-refractivity contribution >= 4 is 24.0 Å². The van der Waals surface area contributed by atoms with Crippen molar-refractivity contribution in [3.8, 4) is 5.75 Å². The summed E-state index contributed by atoms with van der Waals surface area (Å²) in [5, 5.41) is 4.06. The lowest BCUT2D eigenvalue weighted by atomic mass is 9.77. The molecule has 7 nitrogen and oxygen atoms in total. The van der Waals surface area contributed by atoms with Crippen LogP contribution in [0.3, 0.4) is 0 Å². The van der Waals surface area contributed by atoms with Crippen LogP contribution >= 0.6 is 12.4 Å². The van der Waals surface area contributed by atoms with Gasteiger partial charge in [0.05, 0.1) is 24.3 Å². The normalized spacial score (nSPS) is 21.3. The Morgan fingerprint density at radius 1 is 1.38 bits per heavy atom. The van der Waals surface area contributed by atoms with Crippen LogP contribution in [0.25, 0.3) is 0 Å². The van der Waals surface area contributed by atoms with E-state index in [1.54, 1.807) is 12.0 Å². The maximum Gasteiger partial charge on any atom is 0.232 e. The summed E-state index contributed by atoms with van der Waals surface area (Å²) in [5.74, 6) is 1.64. The van der Waals surface area contributed by atoms with E-state index in [2.05, 4.69) is 10.1 Å². The SMILES string of the molecule is COc1ccc(C)cc1N1CC(c2nc(C3(N)CCC3)no2)CC1=O.Cl. The number of hydrogen-bond acceptors (Lipinski definition) is 6. The van der Waals surface area contributed by atoms with E-state index in [0.29, 0.717) is 30.4 Å². The summed E-state index contributed by atoms with van der Waals surface area (Å²) in [6.45, 7) is 2.49. The van der Waals surface area contributed by atoms with Crippen LogP contribution in [-0.4, -0.2) is 29.7 Å². The average Bonchev–Trinajstić information content (AvgIpc) is 3.19. The molecule has 1 atom stereocenters. The highest BCUT2D eigenvalue weighted by Crippen LogP contribution is 2.39. The first-order valence-corrected chi connectivity index (χ1v) is 8.58. The highest BCUT2D eigenvalue weighted by atomic mass is 35.5. The van der Waals surface area contributed by atoms with Crippen molar-refractivity contribution in [2.75, 3.05) is 18.6 Å². The summed E-state index contributed by atoms with van der Waals surface area (Å²) >= 11 is 0. The molecule has 2 aliphatic rings. The Morgan fingerprint density at radius 2 is 2.15 bits per heavy atom. The number of aryl methyl sites for hydroxylation is 1. The quantitative estimate of drug-likeness (QED) is 0.878. The summed E-state index contributed by atoms with van der Waals surface area (Å²) in [4.78, 5) is 18.8. The van der Waals surface area contributed by atoms with Crippen LogP contribution in [0.2, 0.25) is 0 Å². The molecule has 0 bridgehead atoms. The topological polar surface area (TPSA) is 94.5 Å². The number of benzene rings is 1. The van der Waals surface area contributed by atoms with E-state index in [-0.39, 0.29) is 24.2 Å². The van der Waals surface area contributed by atoms with Crippen molar-refractivity contribution in [1.82, 2.24) is 10.1 Å². The van der Waals surface area contributed by atoms with Crippen molar-refractivity contribution < 1.29 is 14.1 Å². The molecule has 140 valence electrons. The number of nitrogens with two attached hydrogens (primary N) is 1. The van der Waals surface area contributed by atoms with E-state index >= 15 is 0 Å². The van der Waals surface area contributed by atoms with Crippen molar-refractivity contribution in [2.45, 2.75) is 44.1 Å². The standard InChI is InChI=1S/C18H22N4O3.ClH/c1-11-4-5-14(24-2)13(8-11)22-10-12(9-15(22)23)16-20-17(21-25-16)18(19)6-3-7-18;/h4-5,8,12H,3,6-7,9-10,19H2,1-2H3;1H. The van der Waals surface area contributed by atoms with Crippen LogP contribution < -0.4 is 15.4 Å². The summed E-state index contributed by atoms with van der Waals surface area (Å²) in [5.41, 5.74) is 7.66. The van der Waals surface area contributed by atoms with E-state index < -0.39 is 5.54 Å². The number of carbonyl (C=O) groups excluding carboxylic acids is 1. The lowest BCUT2D eigenvalue weighted by Gasteiger charge is -2.34. The minimum atomic E-state index is -0.455. The Bertz CT molecular complexity index is 819. The maximum atomic E-state index is 12.6. The van der Waals surface area contributed by atoms with Crippen LogP contribution in [0.5, 0.6) is 5.75 Å². The first-order valence-electron chi connectivity index (χ1n) is 8.58. The average molecular weight is 379 g/mol. The highest BCUT2D eigenvalue weighted by molar-refractivity contribution is 5.97. The second kappa shape index (κ2) is 6.89. The first-order chi connectivity index (χ1) is 12.0. The fourth-order valence-corrected chi connectivity index (χ4v) is 3.50. The molecule has 1 aromatic heterocycles. The second-order valence-electron chi connectivity index (χ2n) is 7.05. The highest BCUT2D eigenvalue weighted by Gasteiger charge is 2.41. The number of amides is 1. The van der Waals surface area contributed by atoms with Gasteiger partial charge in [0, 0.05) is 13.0 Å². The van der Waals surface area contributed by atoms with Gasteiger partial charge in [0.25, 0.3) is 0 Å². The number of hydrogen-bond donors (Lipinski definition) is 1. The van der Waals surface area contributed by atoms with E-state index in [0.717, 1.165) is 30.5 Å². The van der Waals surface area contributed by atoms with Gasteiger partial charge in [-0.15, -0.1) is 12.4 Å². The smallest absolute Gasteiger partial charge is 0.232 e. The third kappa shape index (κ3) is 3.05. The molecule has 26 heavy (non-hydrogen) atoms. The molecule has 1 aliphatic heterocycles. The maximum absolute atomic E-state index is 12.6. The van der Waals surface area contributed by atoms with E-state index in [9.17, 15) is 4.79 Å². The number of aromatic nitrogens is 2. The molecule has 0 spiro atoms. The van der Waals surface area contributed by atoms with Gasteiger partial charge < -0.3 is 19.9 Å². The monoisotopic (exact) mass is 378 g/mol. The summed E-state index contributed by atoms with van der Waals surface area (Å²) in [6.07, 6.45) is 3.18. The Morgan fingerprint density at radius 3 is 2.81 bits per heavy atom. The van der Waals surface area contributed by atoms with Crippen molar-refractivity contribution in [3.05, 3.63) is 35.5 Å². The van der Waals surface area contributed by atoms with E-state index in [4.69, 9.17) is 15.0 Å². The summed E-state index contributed by atoms with van der Waals surface area (Å²) < 4.78 is 10.8. The molecule has 2 heterocycles. The zero-order valence-electron chi connectivity index (χ0n) is 14.9. The van der Waals surface area contributed by atoms with Crippen LogP contribution in [-0.2, 0) is 10.3 Å². The van der Waals surface area contributed by atoms with Crippen LogP contribution in [0.1, 0.15) is 48.9 Å². The van der Waals surface area contributed by atoms with Gasteiger partial charge in [-0.1, -0.05) is 11.2 Å². The fraction of sp³-hybridized carbons (Fsp3) is 0.500. The zero-order chi connectivity index (χ0) is 17.6. The number of methoxy groups -OCH3 is 1. The van der Waals surface area contributed by atoms with Gasteiger partial charge in [-0.3, -0.25) is 4.79 Å². The Balaban J connectivity index is 0.00000196. The molecule has 2 aromatic rings. The fourth-order valence-electron chi connectivity index (χ4n) is 3.50. The number of carbonyl (C=O) groups is 1. The minimum Gasteiger partial charge on any atom is -0.495 e. The number of anilines is 1. The predicted octanol–water partition coefficient (Wildman–Crippen LogP) is 2.67. The van der Waals surface area contributed by atoms with Crippen LogP contribution in [0.4, 0.5) is 5.69 Å². The number of nitrogens with zero attached hydrogens (tertiary/aromatic N) is 3. The van der Waals surface area contributed by atoms with Gasteiger partial charge in [0.2, 0.25) is 11.8 Å². The Kier molecular flexibility index (Phi) is 4.94. The largest absolute Gasteiger partial charge is 0.495 e. The summed E-state index contributed by atoms with van der Waals surface area (Å²) in [6, 6.07) is 5.80. The molecule has 1 saturated carbocycles. The number of rotatable bonds is 4. The van der Waals surface area contributed by atoms with Crippen LogP contribution in [0, 0.1) is 6.92 Å². The molecular formula is C18H23ClN4O3. The van der Waals surface area contributed by atoms with Crippen LogP contribution in [0.15, 0.2) is 22.7 Å². The van der Waals surface area contributed by atoms with Crippen molar-refractivity contribution in [3.63, 3.8) is 0 Å². The molecule has 1 aromatic carbocycles. The Hall–Kier alpha value is -2.12. The van der Waals surface area contributed by atoms with Gasteiger partial charge in [-0.2, -0.15) is 4.98 Å². The number of ether oxygens (including phenoxy) is 1. The molecule has 2 N–H and O–H groups in total. The second-order valence-corrected chi connectivity index (χ2v) is 7.05. The third-order valence-corrected chi connectivity index (χ3v) is 5.23. The molecular weight excluding hydrogens is 356 g/mol. The molecule has 1 aliphatic carbocycles. The van der Waals surface area contributed by atoms with Gasteiger partial charge in [0.1, 0.15) is 5.75 Å². The van der Waals surface area contributed by atoms with E-state index in [1.165, 1.54) is 0 Å².